The number of unbranched alkanes of at least 4 members (excludes halogenated alkanes) is 7. The number of benzene rings is 2. The largest absolute Gasteiger partial charge is 0.356 e. The minimum absolute atomic E-state index is 0.0587. The number of aliphatic imine (C=N–C) groups is 1. The molecule has 12 nitrogen and oxygen atoms in total. The number of carbonyl (C=O) groups excluding carboxylic acids is 5. The number of thiophene rings is 1. The van der Waals surface area contributed by atoms with Gasteiger partial charge >= 0.3 is 0 Å². The fourth-order valence-electron chi connectivity index (χ4n) is 7.80. The molecule has 2 atom stereocenters. The number of amides is 3. The number of nitrogens with one attached hydrogen (secondary N) is 2. The zero-order valence-corrected chi connectivity index (χ0v) is 36.0. The second kappa shape index (κ2) is 20.3. The Morgan fingerprint density at radius 2 is 1.63 bits per heavy atom. The van der Waals surface area contributed by atoms with Crippen molar-refractivity contribution < 1.29 is 24.0 Å². The number of aryl methyl sites for hydroxylation is 2. The molecule has 1 saturated carbocycles. The van der Waals surface area contributed by atoms with Crippen LogP contribution in [0, 0.1) is 20.8 Å². The molecule has 2 aromatic heterocycles. The average molecular weight is 840 g/mol. The van der Waals surface area contributed by atoms with Crippen LogP contribution in [0.1, 0.15) is 128 Å². The molecule has 2 aliphatic rings. The zero-order valence-electron chi connectivity index (χ0n) is 34.4. The first kappa shape index (κ1) is 43.6. The highest BCUT2D eigenvalue weighted by atomic mass is 35.5. The zero-order chi connectivity index (χ0) is 42.1. The number of fused-ring (bicyclic) bond motifs is 3. The van der Waals surface area contributed by atoms with E-state index in [9.17, 15) is 24.0 Å². The predicted octanol–water partition coefficient (Wildman–Crippen LogP) is 8.15. The number of hydrogen-bond donors (Lipinski definition) is 2. The Morgan fingerprint density at radius 1 is 0.915 bits per heavy atom. The molecule has 4 aromatic rings. The molecule has 3 amide bonds. The lowest BCUT2D eigenvalue weighted by Gasteiger charge is -2.29. The van der Waals surface area contributed by atoms with Crippen molar-refractivity contribution in [3.8, 4) is 5.00 Å². The molecule has 0 bridgehead atoms. The molecule has 14 heteroatoms. The highest BCUT2D eigenvalue weighted by molar-refractivity contribution is 7.15. The molecule has 312 valence electrons. The molecule has 1 aliphatic carbocycles. The lowest BCUT2D eigenvalue weighted by molar-refractivity contribution is -0.141. The summed E-state index contributed by atoms with van der Waals surface area (Å²) in [5.41, 5.74) is 5.35. The summed E-state index contributed by atoms with van der Waals surface area (Å²) in [5.74, 6) is 0.834. The third-order valence-corrected chi connectivity index (χ3v) is 12.7. The first-order valence-corrected chi connectivity index (χ1v) is 21.9. The molecular formula is C45H54ClN7O5S. The third-order valence-electron chi connectivity index (χ3n) is 11.3. The fraction of sp³-hybridized carbons (Fsp3) is 0.467. The first-order chi connectivity index (χ1) is 28.4. The van der Waals surface area contributed by atoms with Crippen LogP contribution < -0.4 is 10.6 Å². The van der Waals surface area contributed by atoms with Crippen LogP contribution in [-0.2, 0) is 30.4 Å². The van der Waals surface area contributed by atoms with E-state index in [-0.39, 0.29) is 48.6 Å². The van der Waals surface area contributed by atoms with Gasteiger partial charge in [0.2, 0.25) is 17.7 Å². The van der Waals surface area contributed by atoms with Crippen LogP contribution in [0.5, 0.6) is 0 Å². The van der Waals surface area contributed by atoms with Crippen LogP contribution >= 0.6 is 22.9 Å². The number of likely N-dealkylation sites (N-methyl/N-ethyl adjacent to an activating group) is 1. The molecule has 0 saturated heterocycles. The Morgan fingerprint density at radius 3 is 2.36 bits per heavy atom. The molecule has 2 N–H and O–H groups in total. The standard InChI is InChI=1S/C45H54ClN7O5S/c1-28-29(2)59-45-42(28)43(32-17-19-33(46)20-18-32)49-36(44-51-50-30(3)53(44)45)27-40(57)47-23-12-10-8-6-5-7-9-11-16-39(56)48-34-15-13-14-31(24-34)25-41(58)52(4)37-22-21-35(54)26-38(37)55/h13-15,17-20,24,36-37H,5-12,16,21-23,25-27H2,1-4H3,(H,47,57)(H,48,56)/t36-,37?/m0/s1. The molecule has 3 heterocycles. The number of rotatable bonds is 18. The summed E-state index contributed by atoms with van der Waals surface area (Å²) in [6, 6.07) is 13.8. The Labute approximate surface area is 355 Å². The summed E-state index contributed by atoms with van der Waals surface area (Å²) >= 11 is 7.92. The molecule has 6 rings (SSSR count). The van der Waals surface area contributed by atoms with Gasteiger partial charge in [0.05, 0.1) is 31.0 Å². The van der Waals surface area contributed by atoms with Crippen LogP contribution in [-0.4, -0.2) is 74.3 Å². The molecular weight excluding hydrogens is 786 g/mol. The maximum atomic E-state index is 13.3. The third kappa shape index (κ3) is 11.2. The summed E-state index contributed by atoms with van der Waals surface area (Å²) in [5, 5.41) is 16.6. The van der Waals surface area contributed by atoms with Crippen LogP contribution in [0.4, 0.5) is 5.69 Å². The van der Waals surface area contributed by atoms with Crippen molar-refractivity contribution in [3.63, 3.8) is 0 Å². The van der Waals surface area contributed by atoms with Crippen molar-refractivity contribution in [2.24, 2.45) is 4.99 Å². The molecule has 1 unspecified atom stereocenters. The van der Waals surface area contributed by atoms with Gasteiger partial charge in [-0.15, -0.1) is 21.5 Å². The van der Waals surface area contributed by atoms with E-state index < -0.39 is 12.1 Å². The number of anilines is 1. The number of aromatic nitrogens is 3. The molecule has 59 heavy (non-hydrogen) atoms. The summed E-state index contributed by atoms with van der Waals surface area (Å²) in [6.07, 6.45) is 9.33. The van der Waals surface area contributed by atoms with Gasteiger partial charge in [0.1, 0.15) is 22.7 Å². The fourth-order valence-corrected chi connectivity index (χ4v) is 9.14. The van der Waals surface area contributed by atoms with Gasteiger partial charge in [-0.1, -0.05) is 74.4 Å². The van der Waals surface area contributed by atoms with Crippen molar-refractivity contribution in [1.82, 2.24) is 25.0 Å². The summed E-state index contributed by atoms with van der Waals surface area (Å²) in [6.45, 7) is 6.75. The lowest BCUT2D eigenvalue weighted by atomic mass is 9.92. The summed E-state index contributed by atoms with van der Waals surface area (Å²) in [7, 11) is 1.61. The van der Waals surface area contributed by atoms with E-state index in [0.29, 0.717) is 42.3 Å². The van der Waals surface area contributed by atoms with Gasteiger partial charge in [0.15, 0.2) is 11.6 Å². The van der Waals surface area contributed by atoms with Gasteiger partial charge in [-0.3, -0.25) is 33.5 Å². The van der Waals surface area contributed by atoms with Crippen molar-refractivity contribution >= 4 is 63.6 Å². The maximum Gasteiger partial charge on any atom is 0.227 e. The molecule has 1 aliphatic heterocycles. The van der Waals surface area contributed by atoms with E-state index in [1.165, 1.54) is 9.78 Å². The second-order valence-electron chi connectivity index (χ2n) is 15.7. The van der Waals surface area contributed by atoms with Gasteiger partial charge in [0.25, 0.3) is 0 Å². The van der Waals surface area contributed by atoms with E-state index in [1.54, 1.807) is 36.6 Å². The summed E-state index contributed by atoms with van der Waals surface area (Å²) < 4.78 is 2.06. The Balaban J connectivity index is 0.863. The van der Waals surface area contributed by atoms with Gasteiger partial charge in [-0.2, -0.15) is 0 Å². The van der Waals surface area contributed by atoms with Gasteiger partial charge in [-0.25, -0.2) is 0 Å². The van der Waals surface area contributed by atoms with E-state index in [1.807, 2.05) is 37.3 Å². The lowest BCUT2D eigenvalue weighted by Crippen LogP contribution is -2.46. The van der Waals surface area contributed by atoms with Crippen LogP contribution in [0.3, 0.4) is 0 Å². The Bertz CT molecular complexity index is 2210. The average Bonchev–Trinajstić information content (AvgIpc) is 3.68. The van der Waals surface area contributed by atoms with Crippen molar-refractivity contribution in [3.05, 3.63) is 92.3 Å². The molecule has 1 fully saturated rings. The highest BCUT2D eigenvalue weighted by Gasteiger charge is 2.33. The summed E-state index contributed by atoms with van der Waals surface area (Å²) in [4.78, 5) is 70.5. The van der Waals surface area contributed by atoms with Gasteiger partial charge in [0, 0.05) is 53.1 Å². The smallest absolute Gasteiger partial charge is 0.227 e. The number of carbonyl (C=O) groups is 5. The maximum absolute atomic E-state index is 13.3. The normalized spacial score (nSPS) is 16.2. The van der Waals surface area contributed by atoms with Crippen LogP contribution in [0.15, 0.2) is 53.5 Å². The number of Topliss-reactive ketones (excluding diaryl/α,β-unsaturated/α-hetero) is 2. The number of halogens is 1. The van der Waals surface area contributed by atoms with Crippen molar-refractivity contribution in [1.29, 1.82) is 0 Å². The van der Waals surface area contributed by atoms with E-state index >= 15 is 0 Å². The highest BCUT2D eigenvalue weighted by Crippen LogP contribution is 2.39. The Kier molecular flexibility index (Phi) is 15.0. The van der Waals surface area contributed by atoms with Crippen molar-refractivity contribution in [2.75, 3.05) is 18.9 Å². The van der Waals surface area contributed by atoms with Gasteiger partial charge < -0.3 is 15.5 Å². The number of hydrogen-bond acceptors (Lipinski definition) is 9. The van der Waals surface area contributed by atoms with E-state index in [2.05, 4.69) is 39.2 Å². The first-order valence-electron chi connectivity index (χ1n) is 20.7. The van der Waals surface area contributed by atoms with Crippen molar-refractivity contribution in [2.45, 2.75) is 123 Å². The topological polar surface area (TPSA) is 156 Å². The van der Waals surface area contributed by atoms with E-state index in [4.69, 9.17) is 16.6 Å². The monoisotopic (exact) mass is 839 g/mol. The molecule has 0 radical (unpaired) electrons. The van der Waals surface area contributed by atoms with E-state index in [0.717, 1.165) is 90.2 Å². The van der Waals surface area contributed by atoms with Crippen LogP contribution in [0.2, 0.25) is 5.02 Å². The quantitative estimate of drug-likeness (QED) is 0.0757. The van der Waals surface area contributed by atoms with Gasteiger partial charge in [-0.05, 0) is 75.4 Å². The van der Waals surface area contributed by atoms with Crippen LogP contribution in [0.25, 0.3) is 5.00 Å². The Hall–Kier alpha value is -5.01. The second-order valence-corrected chi connectivity index (χ2v) is 17.3. The SMILES string of the molecule is Cc1sc2c(c1C)C(c1ccc(Cl)cc1)=N[C@@H](CC(=O)NCCCCCCCCCCC(=O)Nc1cccc(CC(=O)N(C)C3CCC(=O)CC3=O)c1)c1nnc(C)n1-2. The minimum atomic E-state index is -0.556. The number of nitrogens with zero attached hydrogens (tertiary/aromatic N) is 5. The minimum Gasteiger partial charge on any atom is -0.356 e. The molecule has 2 aromatic carbocycles. The number of ketones is 2. The predicted molar refractivity (Wildman–Crippen MR) is 232 cm³/mol. The molecule has 0 spiro atoms.